The highest BCUT2D eigenvalue weighted by molar-refractivity contribution is 5.78. The summed E-state index contributed by atoms with van der Waals surface area (Å²) >= 11 is 0. The van der Waals surface area contributed by atoms with Gasteiger partial charge in [0.1, 0.15) is 0 Å². The molecule has 2 aliphatic heterocycles. The summed E-state index contributed by atoms with van der Waals surface area (Å²) in [5.41, 5.74) is 0. The standard InChI is InChI=1S/C12H22N2O3/c15-10-3-5-14(6-4-10)9-12(16)13-8-11-2-1-7-17-11/h10-11,15H,1-9H2,(H,13,16)/t11-/m1/s1. The van der Waals surface area contributed by atoms with E-state index >= 15 is 0 Å². The molecule has 0 aromatic carbocycles. The summed E-state index contributed by atoms with van der Waals surface area (Å²) in [4.78, 5) is 13.8. The number of nitrogens with zero attached hydrogens (tertiary/aromatic N) is 1. The maximum atomic E-state index is 11.7. The number of piperidine rings is 1. The van der Waals surface area contributed by atoms with Crippen molar-refractivity contribution in [1.82, 2.24) is 10.2 Å². The van der Waals surface area contributed by atoms with Crippen molar-refractivity contribution < 1.29 is 14.6 Å². The van der Waals surface area contributed by atoms with E-state index in [0.29, 0.717) is 13.1 Å². The van der Waals surface area contributed by atoms with Crippen molar-refractivity contribution in [2.75, 3.05) is 32.8 Å². The molecule has 0 aromatic rings. The van der Waals surface area contributed by atoms with E-state index in [4.69, 9.17) is 4.74 Å². The Balaban J connectivity index is 1.60. The number of hydrogen-bond acceptors (Lipinski definition) is 4. The molecule has 0 unspecified atom stereocenters. The van der Waals surface area contributed by atoms with Crippen molar-refractivity contribution in [3.63, 3.8) is 0 Å². The molecule has 0 saturated carbocycles. The van der Waals surface area contributed by atoms with Crippen molar-refractivity contribution in [3.8, 4) is 0 Å². The monoisotopic (exact) mass is 242 g/mol. The fourth-order valence-electron chi connectivity index (χ4n) is 2.37. The summed E-state index contributed by atoms with van der Waals surface area (Å²) in [5, 5.41) is 12.3. The number of rotatable bonds is 4. The van der Waals surface area contributed by atoms with Gasteiger partial charge in [-0.15, -0.1) is 0 Å². The van der Waals surface area contributed by atoms with Gasteiger partial charge >= 0.3 is 0 Å². The number of nitrogens with one attached hydrogen (secondary N) is 1. The number of aliphatic hydroxyl groups excluding tert-OH is 1. The Morgan fingerprint density at radius 1 is 1.35 bits per heavy atom. The maximum Gasteiger partial charge on any atom is 0.234 e. The first-order valence-corrected chi connectivity index (χ1v) is 6.53. The Bertz CT molecular complexity index is 246. The molecule has 5 heteroatoms. The Morgan fingerprint density at radius 2 is 2.12 bits per heavy atom. The summed E-state index contributed by atoms with van der Waals surface area (Å²) in [6.45, 7) is 3.53. The number of carbonyl (C=O) groups is 1. The van der Waals surface area contributed by atoms with Crippen LogP contribution >= 0.6 is 0 Å². The van der Waals surface area contributed by atoms with Crippen molar-refractivity contribution >= 4 is 5.91 Å². The molecule has 5 nitrogen and oxygen atoms in total. The largest absolute Gasteiger partial charge is 0.393 e. The Morgan fingerprint density at radius 3 is 2.76 bits per heavy atom. The average Bonchev–Trinajstić information content (AvgIpc) is 2.83. The van der Waals surface area contributed by atoms with E-state index in [-0.39, 0.29) is 18.1 Å². The van der Waals surface area contributed by atoms with Gasteiger partial charge in [0.25, 0.3) is 0 Å². The summed E-state index contributed by atoms with van der Waals surface area (Å²) in [6.07, 6.45) is 3.74. The molecule has 98 valence electrons. The summed E-state index contributed by atoms with van der Waals surface area (Å²) < 4.78 is 5.45. The number of carbonyl (C=O) groups excluding carboxylic acids is 1. The van der Waals surface area contributed by atoms with Crippen LogP contribution in [0, 0.1) is 0 Å². The molecule has 0 spiro atoms. The maximum absolute atomic E-state index is 11.7. The van der Waals surface area contributed by atoms with Crippen molar-refractivity contribution in [2.24, 2.45) is 0 Å². The number of hydrogen-bond donors (Lipinski definition) is 2. The molecular weight excluding hydrogens is 220 g/mol. The first kappa shape index (κ1) is 12.8. The van der Waals surface area contributed by atoms with E-state index in [1.807, 2.05) is 0 Å². The van der Waals surface area contributed by atoms with Crippen LogP contribution in [0.2, 0.25) is 0 Å². The van der Waals surface area contributed by atoms with Crippen LogP contribution < -0.4 is 5.32 Å². The zero-order valence-corrected chi connectivity index (χ0v) is 10.2. The van der Waals surface area contributed by atoms with Crippen LogP contribution in [0.25, 0.3) is 0 Å². The van der Waals surface area contributed by atoms with Crippen LogP contribution in [0.4, 0.5) is 0 Å². The summed E-state index contributed by atoms with van der Waals surface area (Å²) in [6, 6.07) is 0. The second-order valence-corrected chi connectivity index (χ2v) is 4.95. The molecule has 2 rings (SSSR count). The smallest absolute Gasteiger partial charge is 0.234 e. The summed E-state index contributed by atoms with van der Waals surface area (Å²) in [7, 11) is 0. The third-order valence-electron chi connectivity index (χ3n) is 3.48. The Hall–Kier alpha value is -0.650. The molecule has 0 aliphatic carbocycles. The van der Waals surface area contributed by atoms with Crippen LogP contribution in [0.5, 0.6) is 0 Å². The quantitative estimate of drug-likeness (QED) is 0.713. The van der Waals surface area contributed by atoms with Crippen LogP contribution in [0.3, 0.4) is 0 Å². The third kappa shape index (κ3) is 4.26. The minimum atomic E-state index is -0.179. The number of amides is 1. The van der Waals surface area contributed by atoms with Crippen molar-refractivity contribution in [3.05, 3.63) is 0 Å². The van der Waals surface area contributed by atoms with E-state index < -0.39 is 0 Å². The van der Waals surface area contributed by atoms with Gasteiger partial charge in [-0.1, -0.05) is 0 Å². The van der Waals surface area contributed by atoms with Gasteiger partial charge in [-0.2, -0.15) is 0 Å². The predicted molar refractivity (Wildman–Crippen MR) is 63.7 cm³/mol. The van der Waals surface area contributed by atoms with E-state index in [0.717, 1.165) is 45.4 Å². The van der Waals surface area contributed by atoms with Crippen molar-refractivity contribution in [1.29, 1.82) is 0 Å². The van der Waals surface area contributed by atoms with Gasteiger partial charge in [0.05, 0.1) is 18.8 Å². The molecule has 2 saturated heterocycles. The molecule has 1 amide bonds. The lowest BCUT2D eigenvalue weighted by atomic mass is 10.1. The SMILES string of the molecule is O=C(CN1CCC(O)CC1)NC[C@H]1CCCO1. The van der Waals surface area contributed by atoms with Crippen LogP contribution in [0.15, 0.2) is 0 Å². The molecule has 2 N–H and O–H groups in total. The van der Waals surface area contributed by atoms with Gasteiger partial charge in [0, 0.05) is 26.2 Å². The lowest BCUT2D eigenvalue weighted by Gasteiger charge is -2.28. The molecule has 0 bridgehead atoms. The zero-order valence-electron chi connectivity index (χ0n) is 10.2. The fourth-order valence-corrected chi connectivity index (χ4v) is 2.37. The zero-order chi connectivity index (χ0) is 12.1. The molecule has 17 heavy (non-hydrogen) atoms. The molecule has 1 atom stereocenters. The van der Waals surface area contributed by atoms with E-state index in [1.165, 1.54) is 0 Å². The van der Waals surface area contributed by atoms with Gasteiger partial charge in [-0.05, 0) is 25.7 Å². The average molecular weight is 242 g/mol. The Labute approximate surface area is 102 Å². The van der Waals surface area contributed by atoms with Crippen molar-refractivity contribution in [2.45, 2.75) is 37.9 Å². The molecular formula is C12H22N2O3. The molecule has 0 aromatic heterocycles. The molecule has 2 aliphatic rings. The molecule has 0 radical (unpaired) electrons. The second-order valence-electron chi connectivity index (χ2n) is 4.95. The highest BCUT2D eigenvalue weighted by Crippen LogP contribution is 2.11. The minimum Gasteiger partial charge on any atom is -0.393 e. The van der Waals surface area contributed by atoms with Gasteiger partial charge < -0.3 is 15.2 Å². The first-order chi connectivity index (χ1) is 8.24. The van der Waals surface area contributed by atoms with Gasteiger partial charge in [0.2, 0.25) is 5.91 Å². The first-order valence-electron chi connectivity index (χ1n) is 6.53. The van der Waals surface area contributed by atoms with Crippen LogP contribution in [0.1, 0.15) is 25.7 Å². The number of likely N-dealkylation sites (tertiary alicyclic amines) is 1. The fraction of sp³-hybridized carbons (Fsp3) is 0.917. The van der Waals surface area contributed by atoms with Gasteiger partial charge in [-0.25, -0.2) is 0 Å². The third-order valence-corrected chi connectivity index (χ3v) is 3.48. The summed E-state index contributed by atoms with van der Waals surface area (Å²) in [5.74, 6) is 0.0666. The predicted octanol–water partition coefficient (Wildman–Crippen LogP) is -0.262. The highest BCUT2D eigenvalue weighted by Gasteiger charge is 2.20. The second kappa shape index (κ2) is 6.33. The number of ether oxygens (including phenoxy) is 1. The lowest BCUT2D eigenvalue weighted by Crippen LogP contribution is -2.44. The molecule has 2 heterocycles. The highest BCUT2D eigenvalue weighted by atomic mass is 16.5. The lowest BCUT2D eigenvalue weighted by molar-refractivity contribution is -0.123. The normalized spacial score (nSPS) is 27.2. The topological polar surface area (TPSA) is 61.8 Å². The van der Waals surface area contributed by atoms with Gasteiger partial charge in [-0.3, -0.25) is 9.69 Å². The van der Waals surface area contributed by atoms with Crippen LogP contribution in [-0.4, -0.2) is 60.9 Å². The molecule has 2 fully saturated rings. The van der Waals surface area contributed by atoms with E-state index in [9.17, 15) is 9.90 Å². The van der Waals surface area contributed by atoms with E-state index in [1.54, 1.807) is 0 Å². The Kier molecular flexibility index (Phi) is 4.76. The van der Waals surface area contributed by atoms with E-state index in [2.05, 4.69) is 10.2 Å². The van der Waals surface area contributed by atoms with Crippen LogP contribution in [-0.2, 0) is 9.53 Å². The minimum absolute atomic E-state index is 0.0666. The number of aliphatic hydroxyl groups is 1. The van der Waals surface area contributed by atoms with Gasteiger partial charge in [0.15, 0.2) is 0 Å².